The monoisotopic (exact) mass is 292 g/mol. The van der Waals surface area contributed by atoms with Crippen LogP contribution in [0.2, 0.25) is 0 Å². The zero-order valence-corrected chi connectivity index (χ0v) is 13.7. The third-order valence-corrected chi connectivity index (χ3v) is 4.94. The number of hydrogen-bond donors (Lipinski definition) is 2. The van der Waals surface area contributed by atoms with E-state index < -0.39 is 0 Å². The Labute approximate surface area is 129 Å². The molecule has 0 aliphatic heterocycles. The third kappa shape index (κ3) is 5.15. The summed E-state index contributed by atoms with van der Waals surface area (Å²) in [6, 6.07) is 3.20. The standard InChI is InChI=1S/C18H32N2O/c1-3-12-20-18(16-11-13-21-14-16)10-9-17(19-2)15-7-5-4-6-8-15/h11,13-15,17-20H,3-10,12H2,1-2H3. The van der Waals surface area contributed by atoms with Crippen molar-refractivity contribution in [2.24, 2.45) is 5.92 Å². The molecule has 0 saturated heterocycles. The Bertz CT molecular complexity index is 357. The van der Waals surface area contributed by atoms with Gasteiger partial charge in [-0.1, -0.05) is 26.2 Å². The molecule has 1 aliphatic carbocycles. The van der Waals surface area contributed by atoms with Gasteiger partial charge in [0.15, 0.2) is 0 Å². The van der Waals surface area contributed by atoms with Crippen molar-refractivity contribution < 1.29 is 4.42 Å². The molecule has 120 valence electrons. The average molecular weight is 292 g/mol. The maximum Gasteiger partial charge on any atom is 0.0950 e. The molecular weight excluding hydrogens is 260 g/mol. The van der Waals surface area contributed by atoms with Gasteiger partial charge in [-0.3, -0.25) is 0 Å². The summed E-state index contributed by atoms with van der Waals surface area (Å²) in [5.41, 5.74) is 1.29. The topological polar surface area (TPSA) is 37.2 Å². The third-order valence-electron chi connectivity index (χ3n) is 4.94. The zero-order chi connectivity index (χ0) is 14.9. The van der Waals surface area contributed by atoms with Gasteiger partial charge in [0.1, 0.15) is 0 Å². The van der Waals surface area contributed by atoms with Crippen LogP contribution in [0.25, 0.3) is 0 Å². The first-order chi connectivity index (χ1) is 10.3. The van der Waals surface area contributed by atoms with Gasteiger partial charge in [-0.05, 0) is 57.7 Å². The van der Waals surface area contributed by atoms with Crippen molar-refractivity contribution >= 4 is 0 Å². The molecule has 1 aromatic rings. The second-order valence-corrected chi connectivity index (χ2v) is 6.43. The fourth-order valence-corrected chi connectivity index (χ4v) is 3.68. The van der Waals surface area contributed by atoms with Gasteiger partial charge in [0.2, 0.25) is 0 Å². The predicted octanol–water partition coefficient (Wildman–Crippen LogP) is 4.27. The Balaban J connectivity index is 1.86. The largest absolute Gasteiger partial charge is 0.472 e. The van der Waals surface area contributed by atoms with Gasteiger partial charge in [0.05, 0.1) is 12.5 Å². The van der Waals surface area contributed by atoms with Crippen LogP contribution in [0.4, 0.5) is 0 Å². The Hall–Kier alpha value is -0.800. The Kier molecular flexibility index (Phi) is 7.31. The first kappa shape index (κ1) is 16.6. The molecule has 0 aromatic carbocycles. The summed E-state index contributed by atoms with van der Waals surface area (Å²) in [6.07, 6.45) is 14.4. The molecule has 2 rings (SSSR count). The summed E-state index contributed by atoms with van der Waals surface area (Å²) in [7, 11) is 2.13. The summed E-state index contributed by atoms with van der Waals surface area (Å²) < 4.78 is 5.27. The van der Waals surface area contributed by atoms with Gasteiger partial charge in [0, 0.05) is 17.6 Å². The molecule has 2 atom stereocenters. The van der Waals surface area contributed by atoms with E-state index in [1.165, 1.54) is 56.9 Å². The van der Waals surface area contributed by atoms with Crippen molar-refractivity contribution in [3.05, 3.63) is 24.2 Å². The Morgan fingerprint density at radius 3 is 2.67 bits per heavy atom. The molecular formula is C18H32N2O. The highest BCUT2D eigenvalue weighted by Crippen LogP contribution is 2.30. The lowest BCUT2D eigenvalue weighted by Crippen LogP contribution is -2.36. The van der Waals surface area contributed by atoms with Crippen LogP contribution in [-0.4, -0.2) is 19.6 Å². The van der Waals surface area contributed by atoms with E-state index in [0.717, 1.165) is 12.5 Å². The van der Waals surface area contributed by atoms with Crippen LogP contribution in [-0.2, 0) is 0 Å². The van der Waals surface area contributed by atoms with Crippen LogP contribution in [0.15, 0.2) is 23.0 Å². The van der Waals surface area contributed by atoms with Crippen molar-refractivity contribution in [2.75, 3.05) is 13.6 Å². The van der Waals surface area contributed by atoms with Crippen LogP contribution in [0.3, 0.4) is 0 Å². The molecule has 1 aromatic heterocycles. The number of hydrogen-bond acceptors (Lipinski definition) is 3. The Morgan fingerprint density at radius 2 is 2.05 bits per heavy atom. The molecule has 0 amide bonds. The summed E-state index contributed by atoms with van der Waals surface area (Å²) in [6.45, 7) is 3.29. The van der Waals surface area contributed by atoms with Gasteiger partial charge in [-0.2, -0.15) is 0 Å². The van der Waals surface area contributed by atoms with E-state index in [1.54, 1.807) is 6.26 Å². The summed E-state index contributed by atoms with van der Waals surface area (Å²) in [5.74, 6) is 0.875. The molecule has 1 aliphatic rings. The predicted molar refractivity (Wildman–Crippen MR) is 88.4 cm³/mol. The van der Waals surface area contributed by atoms with Gasteiger partial charge in [-0.25, -0.2) is 0 Å². The van der Waals surface area contributed by atoms with Crippen molar-refractivity contribution in [1.82, 2.24) is 10.6 Å². The highest BCUT2D eigenvalue weighted by atomic mass is 16.3. The van der Waals surface area contributed by atoms with Crippen LogP contribution < -0.4 is 10.6 Å². The second-order valence-electron chi connectivity index (χ2n) is 6.43. The maximum absolute atomic E-state index is 5.27. The highest BCUT2D eigenvalue weighted by Gasteiger charge is 2.23. The SMILES string of the molecule is CCCNC(CCC(NC)C1CCCCC1)c1ccoc1. The molecule has 3 heteroatoms. The molecule has 3 nitrogen and oxygen atoms in total. The minimum absolute atomic E-state index is 0.433. The van der Waals surface area contributed by atoms with Crippen LogP contribution in [0.5, 0.6) is 0 Å². The summed E-state index contributed by atoms with van der Waals surface area (Å²) in [5, 5.41) is 7.24. The van der Waals surface area contributed by atoms with E-state index in [1.807, 2.05) is 6.26 Å². The molecule has 21 heavy (non-hydrogen) atoms. The molecule has 0 radical (unpaired) electrons. The lowest BCUT2D eigenvalue weighted by atomic mass is 9.81. The van der Waals surface area contributed by atoms with Crippen LogP contribution in [0.1, 0.15) is 69.9 Å². The molecule has 2 N–H and O–H groups in total. The number of nitrogens with one attached hydrogen (secondary N) is 2. The quantitative estimate of drug-likeness (QED) is 0.714. The van der Waals surface area contributed by atoms with E-state index in [9.17, 15) is 0 Å². The maximum atomic E-state index is 5.27. The lowest BCUT2D eigenvalue weighted by Gasteiger charge is -2.31. The normalized spacial score (nSPS) is 19.5. The molecule has 1 fully saturated rings. The zero-order valence-electron chi connectivity index (χ0n) is 13.7. The smallest absolute Gasteiger partial charge is 0.0950 e. The molecule has 2 unspecified atom stereocenters. The average Bonchev–Trinajstić information content (AvgIpc) is 3.06. The van der Waals surface area contributed by atoms with Crippen molar-refractivity contribution in [2.45, 2.75) is 70.4 Å². The van der Waals surface area contributed by atoms with Crippen molar-refractivity contribution in [3.63, 3.8) is 0 Å². The minimum atomic E-state index is 0.433. The van der Waals surface area contributed by atoms with E-state index in [4.69, 9.17) is 4.42 Å². The van der Waals surface area contributed by atoms with E-state index in [0.29, 0.717) is 12.1 Å². The number of furan rings is 1. The van der Waals surface area contributed by atoms with Gasteiger partial charge in [0.25, 0.3) is 0 Å². The fourth-order valence-electron chi connectivity index (χ4n) is 3.68. The summed E-state index contributed by atoms with van der Waals surface area (Å²) >= 11 is 0. The second kappa shape index (κ2) is 9.26. The van der Waals surface area contributed by atoms with Gasteiger partial charge >= 0.3 is 0 Å². The fraction of sp³-hybridized carbons (Fsp3) is 0.778. The van der Waals surface area contributed by atoms with Crippen LogP contribution >= 0.6 is 0 Å². The van der Waals surface area contributed by atoms with E-state index in [2.05, 4.69) is 30.7 Å². The van der Waals surface area contributed by atoms with E-state index >= 15 is 0 Å². The van der Waals surface area contributed by atoms with Gasteiger partial charge in [-0.15, -0.1) is 0 Å². The van der Waals surface area contributed by atoms with Crippen molar-refractivity contribution in [1.29, 1.82) is 0 Å². The first-order valence-electron chi connectivity index (χ1n) is 8.78. The van der Waals surface area contributed by atoms with Crippen LogP contribution in [0, 0.1) is 5.92 Å². The molecule has 0 bridgehead atoms. The van der Waals surface area contributed by atoms with Gasteiger partial charge < -0.3 is 15.1 Å². The van der Waals surface area contributed by atoms with E-state index in [-0.39, 0.29) is 0 Å². The summed E-state index contributed by atoms with van der Waals surface area (Å²) in [4.78, 5) is 0. The molecule has 0 spiro atoms. The lowest BCUT2D eigenvalue weighted by molar-refractivity contribution is 0.257. The number of rotatable bonds is 9. The first-order valence-corrected chi connectivity index (χ1v) is 8.78. The highest BCUT2D eigenvalue weighted by molar-refractivity contribution is 5.11. The molecule has 1 saturated carbocycles. The minimum Gasteiger partial charge on any atom is -0.472 e. The Morgan fingerprint density at radius 1 is 1.24 bits per heavy atom. The van der Waals surface area contributed by atoms with Crippen molar-refractivity contribution in [3.8, 4) is 0 Å². The molecule has 1 heterocycles.